The summed E-state index contributed by atoms with van der Waals surface area (Å²) in [5, 5.41) is 0. The first kappa shape index (κ1) is 12.9. The molecule has 2 rings (SSSR count). The van der Waals surface area contributed by atoms with Gasteiger partial charge in [-0.05, 0) is 24.8 Å². The fourth-order valence-corrected chi connectivity index (χ4v) is 2.34. The maximum absolute atomic E-state index is 12.0. The van der Waals surface area contributed by atoms with Crippen molar-refractivity contribution in [1.29, 1.82) is 0 Å². The van der Waals surface area contributed by atoms with Gasteiger partial charge >= 0.3 is 6.09 Å². The van der Waals surface area contributed by atoms with Gasteiger partial charge in [0.2, 0.25) is 0 Å². The van der Waals surface area contributed by atoms with Gasteiger partial charge in [-0.1, -0.05) is 30.3 Å². The lowest BCUT2D eigenvalue weighted by Crippen LogP contribution is -2.62. The van der Waals surface area contributed by atoms with Gasteiger partial charge in [-0.2, -0.15) is 0 Å². The average Bonchev–Trinajstić information content (AvgIpc) is 2.45. The molecular weight excluding hydrogens is 228 g/mol. The quantitative estimate of drug-likeness (QED) is 0.880. The van der Waals surface area contributed by atoms with Crippen LogP contribution in [0.3, 0.4) is 0 Å². The van der Waals surface area contributed by atoms with Gasteiger partial charge in [-0.3, -0.25) is 4.90 Å². The number of likely N-dealkylation sites (tertiary alicyclic amines) is 1. The summed E-state index contributed by atoms with van der Waals surface area (Å²) in [6.45, 7) is 1.91. The fourth-order valence-electron chi connectivity index (χ4n) is 2.34. The number of ether oxygens (including phenoxy) is 1. The third kappa shape index (κ3) is 3.23. The molecule has 1 amide bonds. The summed E-state index contributed by atoms with van der Waals surface area (Å²) in [6, 6.07) is 10.0. The molecule has 1 fully saturated rings. The Morgan fingerprint density at radius 2 is 2.11 bits per heavy atom. The van der Waals surface area contributed by atoms with Gasteiger partial charge < -0.3 is 10.5 Å². The average molecular weight is 249 g/mol. The summed E-state index contributed by atoms with van der Waals surface area (Å²) in [4.78, 5) is 13.8. The monoisotopic (exact) mass is 249 g/mol. The SMILES string of the molecule is [NH3+]C[C@H]1CCCCN1C(=O)OCc1ccccc1. The molecule has 0 bridgehead atoms. The summed E-state index contributed by atoms with van der Waals surface area (Å²) in [6.07, 6.45) is 3.09. The largest absolute Gasteiger partial charge is 0.445 e. The molecule has 0 radical (unpaired) electrons. The van der Waals surface area contributed by atoms with Crippen LogP contribution in [0.15, 0.2) is 30.3 Å². The number of rotatable bonds is 3. The van der Waals surface area contributed by atoms with Crippen LogP contribution in [0.4, 0.5) is 4.79 Å². The molecule has 1 atom stereocenters. The summed E-state index contributed by atoms with van der Waals surface area (Å²) in [5.74, 6) is 0. The lowest BCUT2D eigenvalue weighted by molar-refractivity contribution is -0.378. The van der Waals surface area contributed by atoms with Crippen LogP contribution in [0.2, 0.25) is 0 Å². The highest BCUT2D eigenvalue weighted by atomic mass is 16.6. The normalized spacial score (nSPS) is 19.6. The van der Waals surface area contributed by atoms with Gasteiger partial charge in [0, 0.05) is 6.54 Å². The Balaban J connectivity index is 1.87. The highest BCUT2D eigenvalue weighted by Crippen LogP contribution is 2.17. The van der Waals surface area contributed by atoms with Crippen molar-refractivity contribution in [3.8, 4) is 0 Å². The molecule has 4 heteroatoms. The highest BCUT2D eigenvalue weighted by Gasteiger charge is 2.27. The smallest absolute Gasteiger partial charge is 0.410 e. The van der Waals surface area contributed by atoms with Crippen molar-refractivity contribution in [2.24, 2.45) is 0 Å². The number of amides is 1. The molecular formula is C14H21N2O2+. The second-order valence-corrected chi connectivity index (χ2v) is 4.67. The first-order chi connectivity index (χ1) is 8.81. The van der Waals surface area contributed by atoms with Crippen molar-refractivity contribution in [1.82, 2.24) is 4.90 Å². The Bertz CT molecular complexity index is 381. The summed E-state index contributed by atoms with van der Waals surface area (Å²) in [7, 11) is 0. The number of hydrogen-bond acceptors (Lipinski definition) is 2. The Kier molecular flexibility index (Phi) is 4.59. The van der Waals surface area contributed by atoms with Crippen molar-refractivity contribution >= 4 is 6.09 Å². The number of nitrogens with zero attached hydrogens (tertiary/aromatic N) is 1. The van der Waals surface area contributed by atoms with E-state index in [1.165, 1.54) is 6.42 Å². The van der Waals surface area contributed by atoms with Gasteiger partial charge in [0.25, 0.3) is 0 Å². The third-order valence-corrected chi connectivity index (χ3v) is 3.40. The standard InChI is InChI=1S/C14H20N2O2/c15-10-13-8-4-5-9-16(13)14(17)18-11-12-6-2-1-3-7-12/h1-3,6-7,13H,4-5,8-11,15H2/p+1/t13-/m1/s1. The minimum atomic E-state index is -0.202. The lowest BCUT2D eigenvalue weighted by Gasteiger charge is -2.32. The zero-order valence-electron chi connectivity index (χ0n) is 10.7. The van der Waals surface area contributed by atoms with Crippen LogP contribution in [0.25, 0.3) is 0 Å². The van der Waals surface area contributed by atoms with E-state index in [1.54, 1.807) is 0 Å². The van der Waals surface area contributed by atoms with E-state index in [0.29, 0.717) is 6.61 Å². The molecule has 0 unspecified atom stereocenters. The second kappa shape index (κ2) is 6.40. The molecule has 0 aliphatic carbocycles. The molecule has 18 heavy (non-hydrogen) atoms. The van der Waals surface area contributed by atoms with E-state index in [4.69, 9.17) is 4.74 Å². The molecule has 0 saturated carbocycles. The summed E-state index contributed by atoms with van der Waals surface area (Å²) >= 11 is 0. The molecule has 1 aromatic rings. The first-order valence-electron chi connectivity index (χ1n) is 6.58. The molecule has 4 nitrogen and oxygen atoms in total. The maximum Gasteiger partial charge on any atom is 0.410 e. The van der Waals surface area contributed by atoms with Crippen LogP contribution in [0.5, 0.6) is 0 Å². The molecule has 1 aromatic carbocycles. The van der Waals surface area contributed by atoms with Crippen LogP contribution in [-0.4, -0.2) is 30.1 Å². The molecule has 0 spiro atoms. The van der Waals surface area contributed by atoms with Crippen molar-refractivity contribution in [2.75, 3.05) is 13.1 Å². The predicted octanol–water partition coefficient (Wildman–Crippen LogP) is 1.42. The molecule has 1 heterocycles. The van der Waals surface area contributed by atoms with Crippen LogP contribution in [0.1, 0.15) is 24.8 Å². The molecule has 1 aliphatic rings. The van der Waals surface area contributed by atoms with E-state index in [1.807, 2.05) is 35.2 Å². The van der Waals surface area contributed by atoms with Crippen molar-refractivity contribution < 1.29 is 15.3 Å². The van der Waals surface area contributed by atoms with Gasteiger partial charge in [0.1, 0.15) is 6.61 Å². The van der Waals surface area contributed by atoms with E-state index < -0.39 is 0 Å². The number of benzene rings is 1. The van der Waals surface area contributed by atoms with Crippen molar-refractivity contribution in [3.63, 3.8) is 0 Å². The number of piperidine rings is 1. The Labute approximate surface area is 108 Å². The van der Waals surface area contributed by atoms with E-state index in [2.05, 4.69) is 5.73 Å². The van der Waals surface area contributed by atoms with Gasteiger partial charge in [0.15, 0.2) is 0 Å². The van der Waals surface area contributed by atoms with Crippen molar-refractivity contribution in [3.05, 3.63) is 35.9 Å². The lowest BCUT2D eigenvalue weighted by atomic mass is 10.0. The van der Waals surface area contributed by atoms with Crippen molar-refractivity contribution in [2.45, 2.75) is 31.9 Å². The molecule has 1 saturated heterocycles. The molecule has 0 aromatic heterocycles. The summed E-state index contributed by atoms with van der Waals surface area (Å²) < 4.78 is 5.36. The topological polar surface area (TPSA) is 57.2 Å². The minimum Gasteiger partial charge on any atom is -0.445 e. The Morgan fingerprint density at radius 1 is 1.33 bits per heavy atom. The second-order valence-electron chi connectivity index (χ2n) is 4.67. The summed E-state index contributed by atoms with van der Waals surface area (Å²) in [5.41, 5.74) is 4.93. The number of hydrogen-bond donors (Lipinski definition) is 1. The van der Waals surface area contributed by atoms with Crippen LogP contribution in [-0.2, 0) is 11.3 Å². The minimum absolute atomic E-state index is 0.202. The number of quaternary nitrogens is 1. The predicted molar refractivity (Wildman–Crippen MR) is 68.7 cm³/mol. The van der Waals surface area contributed by atoms with Gasteiger partial charge in [0.05, 0.1) is 12.6 Å². The van der Waals surface area contributed by atoms with Crippen LogP contribution >= 0.6 is 0 Å². The Morgan fingerprint density at radius 3 is 2.83 bits per heavy atom. The van der Waals surface area contributed by atoms with Crippen LogP contribution < -0.4 is 5.73 Å². The van der Waals surface area contributed by atoms with Crippen LogP contribution in [0, 0.1) is 0 Å². The third-order valence-electron chi connectivity index (χ3n) is 3.40. The molecule has 1 aliphatic heterocycles. The fraction of sp³-hybridized carbons (Fsp3) is 0.500. The highest BCUT2D eigenvalue weighted by molar-refractivity contribution is 5.68. The van der Waals surface area contributed by atoms with E-state index in [0.717, 1.165) is 31.5 Å². The van der Waals surface area contributed by atoms with Gasteiger partial charge in [-0.25, -0.2) is 4.79 Å². The molecule has 3 N–H and O–H groups in total. The Hall–Kier alpha value is -1.55. The van der Waals surface area contributed by atoms with E-state index in [9.17, 15) is 4.79 Å². The molecule has 98 valence electrons. The number of carbonyl (C=O) groups is 1. The maximum atomic E-state index is 12.0. The first-order valence-corrected chi connectivity index (χ1v) is 6.58. The van der Waals surface area contributed by atoms with Gasteiger partial charge in [-0.15, -0.1) is 0 Å². The number of carbonyl (C=O) groups excluding carboxylic acids is 1. The zero-order valence-corrected chi connectivity index (χ0v) is 10.7. The van der Waals surface area contributed by atoms with E-state index in [-0.39, 0.29) is 12.1 Å². The zero-order chi connectivity index (χ0) is 12.8. The van der Waals surface area contributed by atoms with E-state index >= 15 is 0 Å².